The van der Waals surface area contributed by atoms with Gasteiger partial charge in [0, 0.05) is 20.4 Å². The van der Waals surface area contributed by atoms with Crippen LogP contribution in [0.3, 0.4) is 0 Å². The minimum atomic E-state index is -1.66. The summed E-state index contributed by atoms with van der Waals surface area (Å²) in [6, 6.07) is 20.0. The summed E-state index contributed by atoms with van der Waals surface area (Å²) in [4.78, 5) is 0. The number of rotatable bonds is 4. The molecule has 0 saturated carbocycles. The Hall–Kier alpha value is -3.26. The standard InChI is InChI=1S/C30H31FN/c1-21-18-27(31)14-15-28(21)29-19-26(16-17-32(29)5)25-12-10-24(11-13-25)23-8-6-22(7-9-23)20-30(2,3)4/h6-19H,20H2,1-5H3/q+1/i8D,9D,20D2. The fourth-order valence-corrected chi connectivity index (χ4v) is 3.82. The first-order chi connectivity index (χ1) is 16.8. The van der Waals surface area contributed by atoms with E-state index in [0.717, 1.165) is 33.5 Å². The molecule has 0 spiro atoms. The molecule has 0 amide bonds. The average Bonchev–Trinajstić information content (AvgIpc) is 2.79. The SMILES string of the molecule is [2H]c1cc(C([2H])([2H])C(C)(C)C)cc([2H])c1-c1ccc(-c2cc[n+](C)c(-c3ccc(F)cc3C)c2)cc1. The largest absolute Gasteiger partial charge is 0.213 e. The molecule has 0 N–H and O–H groups in total. The van der Waals surface area contributed by atoms with Crippen molar-refractivity contribution >= 4 is 0 Å². The molecule has 0 aliphatic carbocycles. The lowest BCUT2D eigenvalue weighted by Gasteiger charge is -2.18. The fraction of sp³-hybridized carbons (Fsp3) is 0.233. The lowest BCUT2D eigenvalue weighted by atomic mass is 9.87. The molecule has 162 valence electrons. The molecule has 1 heterocycles. The molecule has 2 heteroatoms. The number of aryl methyl sites for hydroxylation is 2. The molecule has 4 aromatic rings. The van der Waals surface area contributed by atoms with Gasteiger partial charge in [0.2, 0.25) is 5.69 Å². The number of aromatic nitrogens is 1. The van der Waals surface area contributed by atoms with Crippen LogP contribution in [-0.2, 0) is 13.4 Å². The van der Waals surface area contributed by atoms with Gasteiger partial charge in [-0.1, -0.05) is 69.3 Å². The predicted octanol–water partition coefficient (Wildman–Crippen LogP) is 7.55. The van der Waals surface area contributed by atoms with E-state index in [9.17, 15) is 4.39 Å². The molecular weight excluding hydrogens is 393 g/mol. The van der Waals surface area contributed by atoms with E-state index in [1.54, 1.807) is 18.2 Å². The zero-order valence-corrected chi connectivity index (χ0v) is 19.3. The lowest BCUT2D eigenvalue weighted by Crippen LogP contribution is -2.30. The maximum Gasteiger partial charge on any atom is 0.213 e. The number of halogens is 1. The summed E-state index contributed by atoms with van der Waals surface area (Å²) in [5, 5.41) is 0. The van der Waals surface area contributed by atoms with Crippen molar-refractivity contribution < 1.29 is 14.4 Å². The molecule has 0 saturated heterocycles. The zero-order valence-electron chi connectivity index (χ0n) is 23.3. The minimum Gasteiger partial charge on any atom is -0.207 e. The zero-order chi connectivity index (χ0) is 26.4. The van der Waals surface area contributed by atoms with E-state index in [2.05, 4.69) is 6.07 Å². The van der Waals surface area contributed by atoms with Gasteiger partial charge in [-0.25, -0.2) is 8.96 Å². The van der Waals surface area contributed by atoms with Crippen LogP contribution in [0.4, 0.5) is 4.39 Å². The van der Waals surface area contributed by atoms with Crippen molar-refractivity contribution in [3.8, 4) is 33.5 Å². The summed E-state index contributed by atoms with van der Waals surface area (Å²) in [6.07, 6.45) is 0.318. The molecule has 3 aromatic carbocycles. The van der Waals surface area contributed by atoms with Crippen LogP contribution in [0, 0.1) is 18.2 Å². The Kier molecular flexibility index (Phi) is 4.71. The van der Waals surface area contributed by atoms with Gasteiger partial charge in [-0.2, -0.15) is 0 Å². The third-order valence-electron chi connectivity index (χ3n) is 5.38. The Balaban J connectivity index is 1.70. The third-order valence-corrected chi connectivity index (χ3v) is 5.38. The molecule has 0 radical (unpaired) electrons. The predicted molar refractivity (Wildman–Crippen MR) is 132 cm³/mol. The van der Waals surface area contributed by atoms with E-state index in [1.165, 1.54) is 12.1 Å². The number of pyridine rings is 1. The topological polar surface area (TPSA) is 3.88 Å². The normalized spacial score (nSPS) is 13.8. The Bertz CT molecular complexity index is 1410. The molecule has 4 rings (SSSR count). The van der Waals surface area contributed by atoms with Crippen molar-refractivity contribution in [2.75, 3.05) is 0 Å². The quantitative estimate of drug-likeness (QED) is 0.295. The van der Waals surface area contributed by atoms with E-state index < -0.39 is 11.8 Å². The molecule has 0 aliphatic rings. The molecule has 1 nitrogen and oxygen atoms in total. The van der Waals surface area contributed by atoms with Crippen molar-refractivity contribution in [1.82, 2.24) is 0 Å². The van der Waals surface area contributed by atoms with Gasteiger partial charge in [-0.15, -0.1) is 0 Å². The highest BCUT2D eigenvalue weighted by atomic mass is 19.1. The average molecular weight is 429 g/mol. The second-order valence-electron chi connectivity index (χ2n) is 9.23. The third kappa shape index (κ3) is 4.96. The van der Waals surface area contributed by atoms with Crippen LogP contribution < -0.4 is 4.57 Å². The van der Waals surface area contributed by atoms with Crippen molar-refractivity contribution in [3.63, 3.8) is 0 Å². The van der Waals surface area contributed by atoms with Gasteiger partial charge >= 0.3 is 0 Å². The monoisotopic (exact) mass is 428 g/mol. The van der Waals surface area contributed by atoms with Crippen LogP contribution in [0.15, 0.2) is 85.0 Å². The first-order valence-corrected chi connectivity index (χ1v) is 10.8. The van der Waals surface area contributed by atoms with E-state index >= 15 is 0 Å². The maximum absolute atomic E-state index is 13.6. The number of benzene rings is 3. The second-order valence-corrected chi connectivity index (χ2v) is 9.23. The van der Waals surface area contributed by atoms with Crippen LogP contribution in [0.1, 0.15) is 37.4 Å². The van der Waals surface area contributed by atoms with Crippen LogP contribution >= 0.6 is 0 Å². The summed E-state index contributed by atoms with van der Waals surface area (Å²) >= 11 is 0. The smallest absolute Gasteiger partial charge is 0.207 e. The summed E-state index contributed by atoms with van der Waals surface area (Å²) in [5.41, 5.74) is 5.71. The van der Waals surface area contributed by atoms with Crippen LogP contribution in [-0.4, -0.2) is 0 Å². The Morgan fingerprint density at radius 3 is 2.06 bits per heavy atom. The van der Waals surface area contributed by atoms with Crippen LogP contribution in [0.25, 0.3) is 33.5 Å². The fourth-order valence-electron chi connectivity index (χ4n) is 3.82. The van der Waals surface area contributed by atoms with Gasteiger partial charge in [0.15, 0.2) is 6.20 Å². The van der Waals surface area contributed by atoms with E-state index in [0.29, 0.717) is 11.1 Å². The van der Waals surface area contributed by atoms with Gasteiger partial charge in [-0.3, -0.25) is 0 Å². The maximum atomic E-state index is 13.6. The molecule has 0 fully saturated rings. The highest BCUT2D eigenvalue weighted by Gasteiger charge is 2.15. The molecule has 0 unspecified atom stereocenters. The van der Waals surface area contributed by atoms with Crippen molar-refractivity contribution in [1.29, 1.82) is 0 Å². The number of nitrogens with zero attached hydrogens (tertiary/aromatic N) is 1. The molecule has 0 atom stereocenters. The molecule has 32 heavy (non-hydrogen) atoms. The minimum absolute atomic E-state index is 0.138. The summed E-state index contributed by atoms with van der Waals surface area (Å²) in [7, 11) is 1.96. The summed E-state index contributed by atoms with van der Waals surface area (Å²) in [5.74, 6) is -0.254. The van der Waals surface area contributed by atoms with Crippen molar-refractivity contribution in [2.45, 2.75) is 34.1 Å². The highest BCUT2D eigenvalue weighted by Crippen LogP contribution is 2.29. The van der Waals surface area contributed by atoms with Gasteiger partial charge in [0.05, 0.1) is 2.74 Å². The first-order valence-electron chi connectivity index (χ1n) is 12.8. The van der Waals surface area contributed by atoms with Crippen LogP contribution in [0.5, 0.6) is 0 Å². The van der Waals surface area contributed by atoms with E-state index in [1.807, 2.05) is 75.8 Å². The Morgan fingerprint density at radius 2 is 1.47 bits per heavy atom. The van der Waals surface area contributed by atoms with Gasteiger partial charge in [0.25, 0.3) is 0 Å². The second kappa shape index (κ2) is 8.70. The number of hydrogen-bond acceptors (Lipinski definition) is 0. The molecule has 0 aliphatic heterocycles. The molecular formula is C30H31FN+. The van der Waals surface area contributed by atoms with Crippen molar-refractivity contribution in [3.05, 3.63) is 102 Å². The first kappa shape index (κ1) is 17.3. The number of hydrogen-bond donors (Lipinski definition) is 0. The van der Waals surface area contributed by atoms with E-state index in [4.69, 9.17) is 5.48 Å². The van der Waals surface area contributed by atoms with Crippen LogP contribution in [0.2, 0.25) is 0 Å². The van der Waals surface area contributed by atoms with Gasteiger partial charge < -0.3 is 0 Å². The van der Waals surface area contributed by atoms with Crippen molar-refractivity contribution in [2.24, 2.45) is 12.5 Å². The van der Waals surface area contributed by atoms with E-state index in [-0.39, 0.29) is 17.9 Å². The Morgan fingerprint density at radius 1 is 0.844 bits per heavy atom. The molecule has 1 aromatic heterocycles. The lowest BCUT2D eigenvalue weighted by molar-refractivity contribution is -0.660. The summed E-state index contributed by atoms with van der Waals surface area (Å²) < 4.78 is 49.8. The summed E-state index contributed by atoms with van der Waals surface area (Å²) in [6.45, 7) is 7.35. The van der Waals surface area contributed by atoms with Gasteiger partial charge in [0.1, 0.15) is 12.9 Å². The Labute approximate surface area is 196 Å². The highest BCUT2D eigenvalue weighted by molar-refractivity contribution is 5.73. The molecule has 0 bridgehead atoms. The van der Waals surface area contributed by atoms with Gasteiger partial charge in [-0.05, 0) is 70.3 Å².